The van der Waals surface area contributed by atoms with Crippen LogP contribution in [0.25, 0.3) is 27.7 Å². The van der Waals surface area contributed by atoms with E-state index in [2.05, 4.69) is 16.5 Å². The van der Waals surface area contributed by atoms with Gasteiger partial charge in [0.15, 0.2) is 5.82 Å². The molecule has 2 unspecified atom stereocenters. The van der Waals surface area contributed by atoms with Gasteiger partial charge in [-0.2, -0.15) is 4.98 Å². The van der Waals surface area contributed by atoms with Crippen molar-refractivity contribution in [2.24, 2.45) is 0 Å². The van der Waals surface area contributed by atoms with Crippen LogP contribution in [0.1, 0.15) is 37.9 Å². The number of likely N-dealkylation sites (N-methyl/N-ethyl adjacent to an activating group) is 1. The fraction of sp³-hybridized carbons (Fsp3) is 0.303. The van der Waals surface area contributed by atoms with Crippen LogP contribution in [0.15, 0.2) is 54.0 Å². The van der Waals surface area contributed by atoms with Crippen molar-refractivity contribution in [1.82, 2.24) is 19.4 Å². The predicted octanol–water partition coefficient (Wildman–Crippen LogP) is 5.38. The van der Waals surface area contributed by atoms with E-state index >= 15 is 8.78 Å². The maximum Gasteiger partial charge on any atom is 0.354 e. The van der Waals surface area contributed by atoms with Crippen molar-refractivity contribution in [2.75, 3.05) is 29.9 Å². The van der Waals surface area contributed by atoms with Crippen molar-refractivity contribution in [3.05, 3.63) is 87.6 Å². The Bertz CT molecular complexity index is 1990. The third-order valence-corrected chi connectivity index (χ3v) is 9.02. The van der Waals surface area contributed by atoms with E-state index in [0.717, 1.165) is 4.57 Å². The lowest BCUT2D eigenvalue weighted by Crippen LogP contribution is -2.63. The summed E-state index contributed by atoms with van der Waals surface area (Å²) in [4.78, 5) is 54.6. The van der Waals surface area contributed by atoms with E-state index in [1.54, 1.807) is 37.1 Å². The summed E-state index contributed by atoms with van der Waals surface area (Å²) >= 11 is 6.99. The molecule has 4 heterocycles. The molecule has 2 atom stereocenters. The number of fused-ring (bicyclic) bond motifs is 2. The van der Waals surface area contributed by atoms with Gasteiger partial charge in [-0.25, -0.2) is 13.6 Å². The summed E-state index contributed by atoms with van der Waals surface area (Å²) in [5, 5.41) is -0.0997. The molecule has 0 N–H and O–H groups in total. The van der Waals surface area contributed by atoms with Gasteiger partial charge in [-0.15, -0.1) is 0 Å². The zero-order valence-corrected chi connectivity index (χ0v) is 26.2. The largest absolute Gasteiger partial charge is 0.354 e. The summed E-state index contributed by atoms with van der Waals surface area (Å²) in [6, 6.07) is 5.92. The number of benzene rings is 2. The second-order valence-corrected chi connectivity index (χ2v) is 12.1. The van der Waals surface area contributed by atoms with Crippen LogP contribution in [-0.4, -0.2) is 63.5 Å². The van der Waals surface area contributed by atoms with Crippen molar-refractivity contribution in [3.63, 3.8) is 0 Å². The van der Waals surface area contributed by atoms with Gasteiger partial charge in [0.25, 0.3) is 5.91 Å². The Hall–Kier alpha value is -4.64. The topological polar surface area (TPSA) is 91.6 Å². The summed E-state index contributed by atoms with van der Waals surface area (Å²) in [6.45, 7) is 11.1. The number of aryl methyl sites for hydroxylation is 1. The van der Waals surface area contributed by atoms with Crippen LogP contribution in [-0.2, 0) is 9.59 Å². The number of hydrogen-bond donors (Lipinski definition) is 0. The molecule has 9 nitrogen and oxygen atoms in total. The molecule has 0 saturated carbocycles. The van der Waals surface area contributed by atoms with Crippen LogP contribution < -0.4 is 15.5 Å². The first kappa shape index (κ1) is 30.4. The maximum atomic E-state index is 17.3. The first-order valence-electron chi connectivity index (χ1n) is 14.5. The number of halogens is 3. The number of amides is 2. The Balaban J connectivity index is 1.81. The average Bonchev–Trinajstić information content (AvgIpc) is 3.08. The van der Waals surface area contributed by atoms with Crippen molar-refractivity contribution in [3.8, 4) is 16.8 Å². The lowest BCUT2D eigenvalue weighted by Gasteiger charge is -2.44. The lowest BCUT2D eigenvalue weighted by molar-refractivity contribution is -0.130. The molecule has 0 spiro atoms. The van der Waals surface area contributed by atoms with Crippen LogP contribution in [0.4, 0.5) is 20.3 Å². The smallest absolute Gasteiger partial charge is 0.340 e. The van der Waals surface area contributed by atoms with Crippen molar-refractivity contribution >= 4 is 45.8 Å². The van der Waals surface area contributed by atoms with E-state index in [1.165, 1.54) is 41.1 Å². The molecular formula is C33H31ClF2N6O3. The molecule has 2 aliphatic heterocycles. The Morgan fingerprint density at radius 1 is 1.13 bits per heavy atom. The number of anilines is 2. The predicted molar refractivity (Wildman–Crippen MR) is 170 cm³/mol. The van der Waals surface area contributed by atoms with E-state index in [0.29, 0.717) is 16.9 Å². The van der Waals surface area contributed by atoms with Crippen LogP contribution >= 0.6 is 11.6 Å². The standard InChI is InChI=1S/C33H31ClF2N6O3/c1-7-22(43)40-15-21-32(44)39(6)29-24-30(26(36)23(25(29)34)19-10-8-9-11-20(19)35)42(28-17(4)12-13-37-27(28)16(2)3)33(45)38-31(24)41(21)14-18(40)5/h7-13,16,18,21H,1,14-15H2,2-6H3. The summed E-state index contributed by atoms with van der Waals surface area (Å²) < 4.78 is 33.8. The number of hydrogen-bond acceptors (Lipinski definition) is 6. The number of carbonyl (C=O) groups is 2. The Morgan fingerprint density at radius 3 is 2.51 bits per heavy atom. The van der Waals surface area contributed by atoms with Gasteiger partial charge in [0.1, 0.15) is 23.2 Å². The van der Waals surface area contributed by atoms with E-state index in [9.17, 15) is 14.4 Å². The number of nitrogens with zero attached hydrogens (tertiary/aromatic N) is 6. The molecule has 1 saturated heterocycles. The SMILES string of the molecule is C=CC(=O)N1CC2C(=O)N(C)c3c(Cl)c(-c4ccccc4F)c(F)c4c3c(nc(=O)n4-c3c(C)ccnc3C(C)C)N2CC1C. The minimum absolute atomic E-state index is 0.0328. The lowest BCUT2D eigenvalue weighted by atomic mass is 9.98. The minimum atomic E-state index is -0.976. The van der Waals surface area contributed by atoms with Crippen LogP contribution in [0.3, 0.4) is 0 Å². The first-order valence-corrected chi connectivity index (χ1v) is 14.9. The van der Waals surface area contributed by atoms with Gasteiger partial charge in [-0.3, -0.25) is 19.1 Å². The Morgan fingerprint density at radius 2 is 1.84 bits per heavy atom. The van der Waals surface area contributed by atoms with Crippen LogP contribution in [0.2, 0.25) is 5.02 Å². The molecule has 4 aromatic rings. The molecule has 45 heavy (non-hydrogen) atoms. The third kappa shape index (κ3) is 4.51. The van der Waals surface area contributed by atoms with Crippen LogP contribution in [0.5, 0.6) is 0 Å². The van der Waals surface area contributed by atoms with E-state index in [4.69, 9.17) is 11.6 Å². The molecule has 2 aliphatic rings. The van der Waals surface area contributed by atoms with Gasteiger partial charge in [0.05, 0.1) is 34.0 Å². The number of pyridine rings is 1. The number of carbonyl (C=O) groups excluding carboxylic acids is 2. The zero-order valence-electron chi connectivity index (χ0n) is 25.4. The number of rotatable bonds is 4. The maximum absolute atomic E-state index is 17.3. The minimum Gasteiger partial charge on any atom is -0.340 e. The third-order valence-electron chi connectivity index (χ3n) is 8.66. The molecule has 1 fully saturated rings. The fourth-order valence-electron chi connectivity index (χ4n) is 6.47. The van der Waals surface area contributed by atoms with Gasteiger partial charge >= 0.3 is 5.69 Å². The molecule has 0 radical (unpaired) electrons. The second kappa shape index (κ2) is 11.1. The summed E-state index contributed by atoms with van der Waals surface area (Å²) in [5.41, 5.74) is 0.120. The molecular weight excluding hydrogens is 602 g/mol. The van der Waals surface area contributed by atoms with Gasteiger partial charge in [0, 0.05) is 37.0 Å². The number of piperazine rings is 1. The van der Waals surface area contributed by atoms with Crippen molar-refractivity contribution in [1.29, 1.82) is 0 Å². The monoisotopic (exact) mass is 632 g/mol. The van der Waals surface area contributed by atoms with E-state index in [1.807, 2.05) is 13.8 Å². The molecule has 232 valence electrons. The highest BCUT2D eigenvalue weighted by molar-refractivity contribution is 6.39. The molecule has 2 amide bonds. The van der Waals surface area contributed by atoms with Gasteiger partial charge < -0.3 is 14.7 Å². The van der Waals surface area contributed by atoms with E-state index in [-0.39, 0.29) is 63.5 Å². The average molecular weight is 633 g/mol. The molecule has 2 aromatic carbocycles. The molecule has 2 aromatic heterocycles. The Labute approximate surface area is 263 Å². The number of aromatic nitrogens is 3. The summed E-state index contributed by atoms with van der Waals surface area (Å²) in [7, 11) is 1.49. The molecule has 12 heteroatoms. The van der Waals surface area contributed by atoms with Crippen LogP contribution in [0, 0.1) is 18.6 Å². The first-order chi connectivity index (χ1) is 21.4. The summed E-state index contributed by atoms with van der Waals surface area (Å²) in [5.74, 6) is -2.61. The highest BCUT2D eigenvalue weighted by atomic mass is 35.5. The molecule has 0 bridgehead atoms. The molecule has 0 aliphatic carbocycles. The Kier molecular flexibility index (Phi) is 7.47. The fourth-order valence-corrected chi connectivity index (χ4v) is 6.88. The van der Waals surface area contributed by atoms with Gasteiger partial charge in [-0.05, 0) is 43.5 Å². The highest BCUT2D eigenvalue weighted by Gasteiger charge is 2.45. The van der Waals surface area contributed by atoms with Gasteiger partial charge in [-0.1, -0.05) is 50.2 Å². The summed E-state index contributed by atoms with van der Waals surface area (Å²) in [6.07, 6.45) is 2.79. The second-order valence-electron chi connectivity index (χ2n) is 11.7. The molecule has 6 rings (SSSR count). The van der Waals surface area contributed by atoms with Gasteiger partial charge in [0.2, 0.25) is 5.91 Å². The highest BCUT2D eigenvalue weighted by Crippen LogP contribution is 2.49. The quantitative estimate of drug-likeness (QED) is 0.281. The van der Waals surface area contributed by atoms with Crippen molar-refractivity contribution in [2.45, 2.75) is 45.7 Å². The van der Waals surface area contributed by atoms with Crippen molar-refractivity contribution < 1.29 is 18.4 Å². The zero-order chi connectivity index (χ0) is 32.5. The normalized spacial score (nSPS) is 18.0. The van der Waals surface area contributed by atoms with E-state index < -0.39 is 35.3 Å².